The van der Waals surface area contributed by atoms with Crippen LogP contribution in [0.1, 0.15) is 21.9 Å². The van der Waals surface area contributed by atoms with Crippen molar-refractivity contribution in [1.29, 1.82) is 0 Å². The van der Waals surface area contributed by atoms with Crippen molar-refractivity contribution in [3.8, 4) is 0 Å². The zero-order chi connectivity index (χ0) is 13.5. The van der Waals surface area contributed by atoms with E-state index in [-0.39, 0.29) is 5.91 Å². The first-order chi connectivity index (χ1) is 8.54. The molecule has 0 fully saturated rings. The van der Waals surface area contributed by atoms with Gasteiger partial charge in [-0.25, -0.2) is 4.98 Å². The second-order valence-electron chi connectivity index (χ2n) is 4.55. The Bertz CT molecular complexity index is 378. The number of thiazole rings is 1. The molecular weight excluding hydrogens is 248 g/mol. The van der Waals surface area contributed by atoms with E-state index in [1.807, 2.05) is 26.5 Å². The third-order valence-electron chi connectivity index (χ3n) is 2.57. The van der Waals surface area contributed by atoms with Crippen molar-refractivity contribution in [2.75, 3.05) is 40.8 Å². The first kappa shape index (κ1) is 15.1. The first-order valence-electron chi connectivity index (χ1n) is 6.09. The lowest BCUT2D eigenvalue weighted by Gasteiger charge is -2.17. The Hall–Kier alpha value is -0.980. The van der Waals surface area contributed by atoms with Crippen molar-refractivity contribution in [1.82, 2.24) is 14.8 Å². The molecule has 0 bridgehead atoms. The molecule has 0 aliphatic heterocycles. The minimum Gasteiger partial charge on any atom is -0.340 e. The number of carbonyl (C=O) groups is 1. The maximum absolute atomic E-state index is 12.1. The number of rotatable bonds is 7. The molecule has 5 nitrogen and oxygen atoms in total. The predicted molar refractivity (Wildman–Crippen MR) is 75.0 cm³/mol. The third-order valence-corrected chi connectivity index (χ3v) is 3.48. The van der Waals surface area contributed by atoms with Gasteiger partial charge in [0.15, 0.2) is 0 Å². The standard InChI is InChI=1S/C12H22N4OS/c1-15(2)7-4-8-16(3)12(17)10-9-18-11(14-10)5-6-13/h9H,4-8,13H2,1-3H3. The predicted octanol–water partition coefficient (Wildman–Crippen LogP) is 0.668. The van der Waals surface area contributed by atoms with E-state index < -0.39 is 0 Å². The zero-order valence-electron chi connectivity index (χ0n) is 11.3. The van der Waals surface area contributed by atoms with Crippen LogP contribution in [0.2, 0.25) is 0 Å². The van der Waals surface area contributed by atoms with E-state index in [1.54, 1.807) is 4.90 Å². The Balaban J connectivity index is 2.46. The van der Waals surface area contributed by atoms with Crippen LogP contribution in [-0.4, -0.2) is 61.5 Å². The molecule has 0 aliphatic rings. The fourth-order valence-corrected chi connectivity index (χ4v) is 2.36. The lowest BCUT2D eigenvalue weighted by atomic mass is 10.3. The fourth-order valence-electron chi connectivity index (χ4n) is 1.57. The highest BCUT2D eigenvalue weighted by atomic mass is 32.1. The van der Waals surface area contributed by atoms with Crippen molar-refractivity contribution >= 4 is 17.2 Å². The van der Waals surface area contributed by atoms with Gasteiger partial charge in [0.25, 0.3) is 5.91 Å². The van der Waals surface area contributed by atoms with E-state index in [0.29, 0.717) is 12.2 Å². The van der Waals surface area contributed by atoms with Gasteiger partial charge in [-0.1, -0.05) is 0 Å². The Morgan fingerprint density at radius 1 is 1.39 bits per heavy atom. The van der Waals surface area contributed by atoms with Crippen molar-refractivity contribution in [3.05, 3.63) is 16.1 Å². The summed E-state index contributed by atoms with van der Waals surface area (Å²) >= 11 is 1.50. The van der Waals surface area contributed by atoms with Gasteiger partial charge < -0.3 is 15.5 Å². The summed E-state index contributed by atoms with van der Waals surface area (Å²) in [5.41, 5.74) is 6.00. The fraction of sp³-hybridized carbons (Fsp3) is 0.667. The molecule has 0 spiro atoms. The Kier molecular flexibility index (Phi) is 6.24. The molecule has 102 valence electrons. The van der Waals surface area contributed by atoms with Crippen LogP contribution >= 0.6 is 11.3 Å². The molecule has 1 amide bonds. The minimum atomic E-state index is -0.00622. The van der Waals surface area contributed by atoms with E-state index >= 15 is 0 Å². The summed E-state index contributed by atoms with van der Waals surface area (Å²) in [7, 11) is 5.88. The number of carbonyl (C=O) groups excluding carboxylic acids is 1. The maximum Gasteiger partial charge on any atom is 0.273 e. The second kappa shape index (κ2) is 7.45. The Morgan fingerprint density at radius 2 is 2.11 bits per heavy atom. The number of amides is 1. The zero-order valence-corrected chi connectivity index (χ0v) is 12.2. The van der Waals surface area contributed by atoms with Gasteiger partial charge in [-0.15, -0.1) is 11.3 Å². The molecule has 0 radical (unpaired) electrons. The lowest BCUT2D eigenvalue weighted by molar-refractivity contribution is 0.0785. The van der Waals surface area contributed by atoms with Gasteiger partial charge in [-0.3, -0.25) is 4.79 Å². The molecule has 0 saturated carbocycles. The minimum absolute atomic E-state index is 0.00622. The molecule has 0 atom stereocenters. The van der Waals surface area contributed by atoms with Crippen LogP contribution < -0.4 is 5.73 Å². The van der Waals surface area contributed by atoms with Gasteiger partial charge >= 0.3 is 0 Å². The number of nitrogens with zero attached hydrogens (tertiary/aromatic N) is 3. The summed E-state index contributed by atoms with van der Waals surface area (Å²) in [4.78, 5) is 20.2. The number of aromatic nitrogens is 1. The summed E-state index contributed by atoms with van der Waals surface area (Å²) in [5, 5.41) is 2.75. The Labute approximate surface area is 113 Å². The molecule has 0 saturated heterocycles. The van der Waals surface area contributed by atoms with Crippen molar-refractivity contribution < 1.29 is 4.79 Å². The van der Waals surface area contributed by atoms with Gasteiger partial charge in [-0.05, 0) is 33.6 Å². The number of hydrogen-bond donors (Lipinski definition) is 1. The van der Waals surface area contributed by atoms with Gasteiger partial charge in [0.2, 0.25) is 0 Å². The molecule has 1 aromatic rings. The molecule has 1 rings (SSSR count). The van der Waals surface area contributed by atoms with Crippen LogP contribution in [0.15, 0.2) is 5.38 Å². The monoisotopic (exact) mass is 270 g/mol. The topological polar surface area (TPSA) is 62.5 Å². The largest absolute Gasteiger partial charge is 0.340 e. The van der Waals surface area contributed by atoms with Crippen LogP contribution in [0.5, 0.6) is 0 Å². The second-order valence-corrected chi connectivity index (χ2v) is 5.49. The molecule has 18 heavy (non-hydrogen) atoms. The van der Waals surface area contributed by atoms with Crippen LogP contribution in [0, 0.1) is 0 Å². The van der Waals surface area contributed by atoms with Crippen molar-refractivity contribution in [2.24, 2.45) is 5.73 Å². The highest BCUT2D eigenvalue weighted by Crippen LogP contribution is 2.11. The van der Waals surface area contributed by atoms with Crippen LogP contribution in [0.4, 0.5) is 0 Å². The van der Waals surface area contributed by atoms with E-state index in [4.69, 9.17) is 5.73 Å². The van der Waals surface area contributed by atoms with E-state index in [0.717, 1.165) is 30.9 Å². The smallest absolute Gasteiger partial charge is 0.273 e. The van der Waals surface area contributed by atoms with E-state index in [2.05, 4.69) is 9.88 Å². The van der Waals surface area contributed by atoms with Gasteiger partial charge in [0.1, 0.15) is 5.69 Å². The lowest BCUT2D eigenvalue weighted by Crippen LogP contribution is -2.30. The normalized spacial score (nSPS) is 10.9. The molecule has 0 aromatic carbocycles. The molecular formula is C12H22N4OS. The summed E-state index contributed by atoms with van der Waals surface area (Å²) in [6.45, 7) is 2.30. The number of nitrogens with two attached hydrogens (primary N) is 1. The number of hydrogen-bond acceptors (Lipinski definition) is 5. The van der Waals surface area contributed by atoms with Gasteiger partial charge in [-0.2, -0.15) is 0 Å². The summed E-state index contributed by atoms with van der Waals surface area (Å²) in [6.07, 6.45) is 1.71. The molecule has 2 N–H and O–H groups in total. The first-order valence-corrected chi connectivity index (χ1v) is 6.97. The highest BCUT2D eigenvalue weighted by Gasteiger charge is 2.14. The SMILES string of the molecule is CN(C)CCCN(C)C(=O)c1csc(CCN)n1. The summed E-state index contributed by atoms with van der Waals surface area (Å²) in [6, 6.07) is 0. The van der Waals surface area contributed by atoms with E-state index in [1.165, 1.54) is 11.3 Å². The highest BCUT2D eigenvalue weighted by molar-refractivity contribution is 7.09. The average Bonchev–Trinajstić information content (AvgIpc) is 2.76. The Morgan fingerprint density at radius 3 is 2.72 bits per heavy atom. The van der Waals surface area contributed by atoms with E-state index in [9.17, 15) is 4.79 Å². The van der Waals surface area contributed by atoms with Gasteiger partial charge in [0, 0.05) is 25.4 Å². The summed E-state index contributed by atoms with van der Waals surface area (Å²) < 4.78 is 0. The van der Waals surface area contributed by atoms with Crippen molar-refractivity contribution in [3.63, 3.8) is 0 Å². The third kappa shape index (κ3) is 4.72. The molecule has 0 aliphatic carbocycles. The maximum atomic E-state index is 12.1. The molecule has 6 heteroatoms. The molecule has 1 aromatic heterocycles. The molecule has 0 unspecified atom stereocenters. The summed E-state index contributed by atoms with van der Waals surface area (Å²) in [5.74, 6) is -0.00622. The van der Waals surface area contributed by atoms with Crippen LogP contribution in [0.25, 0.3) is 0 Å². The van der Waals surface area contributed by atoms with Crippen LogP contribution in [-0.2, 0) is 6.42 Å². The molecule has 1 heterocycles. The van der Waals surface area contributed by atoms with Crippen LogP contribution in [0.3, 0.4) is 0 Å². The van der Waals surface area contributed by atoms with Crippen molar-refractivity contribution in [2.45, 2.75) is 12.8 Å². The van der Waals surface area contributed by atoms with Gasteiger partial charge in [0.05, 0.1) is 5.01 Å². The average molecular weight is 270 g/mol. The quantitative estimate of drug-likeness (QED) is 0.791.